The number of aromatic hydroxyl groups is 1. The van der Waals surface area contributed by atoms with E-state index in [1.54, 1.807) is 18.2 Å². The van der Waals surface area contributed by atoms with Gasteiger partial charge in [0.1, 0.15) is 17.3 Å². The molecular formula is C13H10ClFO2. The van der Waals surface area contributed by atoms with E-state index in [2.05, 4.69) is 0 Å². The molecule has 0 fully saturated rings. The molecular weight excluding hydrogens is 243 g/mol. The summed E-state index contributed by atoms with van der Waals surface area (Å²) in [5.74, 6) is -0.0325. The number of methoxy groups -OCH3 is 1. The molecule has 1 N–H and O–H groups in total. The Balaban J connectivity index is 2.49. The van der Waals surface area contributed by atoms with E-state index in [9.17, 15) is 9.50 Å². The molecule has 0 spiro atoms. The van der Waals surface area contributed by atoms with Gasteiger partial charge in [0.15, 0.2) is 0 Å². The molecule has 88 valence electrons. The molecule has 0 unspecified atom stereocenters. The molecule has 0 heterocycles. The van der Waals surface area contributed by atoms with Gasteiger partial charge in [0.25, 0.3) is 0 Å². The number of hydrogen-bond acceptors (Lipinski definition) is 2. The highest BCUT2D eigenvalue weighted by Crippen LogP contribution is 2.31. The van der Waals surface area contributed by atoms with Crippen LogP contribution < -0.4 is 4.74 Å². The molecule has 17 heavy (non-hydrogen) atoms. The molecule has 0 aromatic heterocycles. The summed E-state index contributed by atoms with van der Waals surface area (Å²) in [6, 6.07) is 9.14. The summed E-state index contributed by atoms with van der Waals surface area (Å²) in [4.78, 5) is 0. The van der Waals surface area contributed by atoms with Gasteiger partial charge in [-0.05, 0) is 29.8 Å². The van der Waals surface area contributed by atoms with Gasteiger partial charge in [0.05, 0.1) is 12.1 Å². The highest BCUT2D eigenvalue weighted by molar-refractivity contribution is 6.32. The molecule has 2 rings (SSSR count). The molecule has 2 aromatic carbocycles. The first-order chi connectivity index (χ1) is 8.11. The van der Waals surface area contributed by atoms with Crippen molar-refractivity contribution in [1.82, 2.24) is 0 Å². The molecule has 0 radical (unpaired) electrons. The average molecular weight is 253 g/mol. The zero-order chi connectivity index (χ0) is 12.4. The molecule has 0 saturated carbocycles. The Morgan fingerprint density at radius 2 is 1.94 bits per heavy atom. The van der Waals surface area contributed by atoms with Gasteiger partial charge in [-0.1, -0.05) is 17.7 Å². The van der Waals surface area contributed by atoms with Crippen molar-refractivity contribution in [3.63, 3.8) is 0 Å². The van der Waals surface area contributed by atoms with E-state index in [0.717, 1.165) is 0 Å². The molecule has 2 nitrogen and oxygen atoms in total. The molecule has 0 aliphatic heterocycles. The van der Waals surface area contributed by atoms with Gasteiger partial charge in [0.2, 0.25) is 0 Å². The number of phenolic OH excluding ortho intramolecular Hbond substituents is 1. The summed E-state index contributed by atoms with van der Waals surface area (Å²) in [7, 11) is 1.47. The van der Waals surface area contributed by atoms with Crippen LogP contribution in [0.25, 0.3) is 11.1 Å². The Bertz CT molecular complexity index is 555. The molecule has 2 aromatic rings. The van der Waals surface area contributed by atoms with E-state index in [1.165, 1.54) is 25.3 Å². The predicted octanol–water partition coefficient (Wildman–Crippen LogP) is 3.86. The van der Waals surface area contributed by atoms with Crippen LogP contribution in [0.2, 0.25) is 5.02 Å². The zero-order valence-corrected chi connectivity index (χ0v) is 9.83. The van der Waals surface area contributed by atoms with Crippen LogP contribution in [0, 0.1) is 5.82 Å². The number of hydrogen-bond donors (Lipinski definition) is 1. The first-order valence-corrected chi connectivity index (χ1v) is 5.32. The Labute approximate surface area is 103 Å². The quantitative estimate of drug-likeness (QED) is 0.879. The fraction of sp³-hybridized carbons (Fsp3) is 0.0769. The summed E-state index contributed by atoms with van der Waals surface area (Å²) in [5.41, 5.74) is 0.949. The summed E-state index contributed by atoms with van der Waals surface area (Å²) in [6.07, 6.45) is 0. The van der Waals surface area contributed by atoms with Crippen molar-refractivity contribution < 1.29 is 14.2 Å². The minimum Gasteiger partial charge on any atom is -0.506 e. The van der Waals surface area contributed by atoms with E-state index in [4.69, 9.17) is 16.3 Å². The van der Waals surface area contributed by atoms with Crippen LogP contribution in [0.5, 0.6) is 11.5 Å². The van der Waals surface area contributed by atoms with Gasteiger partial charge < -0.3 is 9.84 Å². The van der Waals surface area contributed by atoms with Crippen molar-refractivity contribution in [3.8, 4) is 22.6 Å². The number of rotatable bonds is 2. The first-order valence-electron chi connectivity index (χ1n) is 4.94. The van der Waals surface area contributed by atoms with E-state index < -0.39 is 5.82 Å². The second-order valence-corrected chi connectivity index (χ2v) is 3.92. The minimum absolute atomic E-state index is 0.0700. The lowest BCUT2D eigenvalue weighted by Crippen LogP contribution is -1.88. The number of halogens is 2. The van der Waals surface area contributed by atoms with Gasteiger partial charge in [-0.15, -0.1) is 0 Å². The molecule has 0 saturated heterocycles. The monoisotopic (exact) mass is 252 g/mol. The largest absolute Gasteiger partial charge is 0.506 e. The lowest BCUT2D eigenvalue weighted by atomic mass is 10.0. The van der Waals surface area contributed by atoms with Gasteiger partial charge >= 0.3 is 0 Å². The topological polar surface area (TPSA) is 29.5 Å². The summed E-state index contributed by atoms with van der Waals surface area (Å²) in [5, 5.41) is 9.71. The van der Waals surface area contributed by atoms with Gasteiger partial charge in [-0.3, -0.25) is 0 Å². The second kappa shape index (κ2) is 4.63. The van der Waals surface area contributed by atoms with Crippen LogP contribution in [-0.2, 0) is 0 Å². The van der Waals surface area contributed by atoms with Crippen LogP contribution in [-0.4, -0.2) is 12.2 Å². The Morgan fingerprint density at radius 3 is 2.53 bits per heavy atom. The van der Waals surface area contributed by atoms with Gasteiger partial charge in [0, 0.05) is 11.6 Å². The van der Waals surface area contributed by atoms with E-state index >= 15 is 0 Å². The maximum Gasteiger partial charge on any atom is 0.134 e. The third-order valence-corrected chi connectivity index (χ3v) is 2.75. The number of ether oxygens (including phenoxy) is 1. The number of benzene rings is 2. The van der Waals surface area contributed by atoms with E-state index in [0.29, 0.717) is 16.9 Å². The van der Waals surface area contributed by atoms with Crippen molar-refractivity contribution in [2.75, 3.05) is 7.11 Å². The Hall–Kier alpha value is -1.74. The molecule has 0 aliphatic rings. The van der Waals surface area contributed by atoms with Crippen LogP contribution in [0.3, 0.4) is 0 Å². The van der Waals surface area contributed by atoms with E-state index in [-0.39, 0.29) is 10.8 Å². The third-order valence-electron chi connectivity index (χ3n) is 2.43. The first kappa shape index (κ1) is 11.7. The van der Waals surface area contributed by atoms with Crippen molar-refractivity contribution in [2.45, 2.75) is 0 Å². The smallest absolute Gasteiger partial charge is 0.134 e. The second-order valence-electron chi connectivity index (χ2n) is 3.51. The van der Waals surface area contributed by atoms with Crippen LogP contribution >= 0.6 is 11.6 Å². The Kier molecular flexibility index (Phi) is 3.20. The van der Waals surface area contributed by atoms with Crippen molar-refractivity contribution in [3.05, 3.63) is 47.2 Å². The summed E-state index contributed by atoms with van der Waals surface area (Å²) >= 11 is 5.69. The van der Waals surface area contributed by atoms with Crippen LogP contribution in [0.1, 0.15) is 0 Å². The summed E-state index contributed by atoms with van der Waals surface area (Å²) < 4.78 is 18.7. The van der Waals surface area contributed by atoms with Crippen molar-refractivity contribution in [1.29, 1.82) is 0 Å². The molecule has 0 amide bonds. The lowest BCUT2D eigenvalue weighted by Gasteiger charge is -2.07. The molecule has 0 aliphatic carbocycles. The lowest BCUT2D eigenvalue weighted by molar-refractivity contribution is 0.411. The van der Waals surface area contributed by atoms with E-state index in [1.807, 2.05) is 0 Å². The van der Waals surface area contributed by atoms with Crippen LogP contribution in [0.4, 0.5) is 4.39 Å². The van der Waals surface area contributed by atoms with Gasteiger partial charge in [-0.2, -0.15) is 0 Å². The minimum atomic E-state index is -0.411. The maximum atomic E-state index is 13.8. The number of phenols is 1. The third kappa shape index (κ3) is 2.34. The van der Waals surface area contributed by atoms with Crippen molar-refractivity contribution >= 4 is 11.6 Å². The SMILES string of the molecule is COc1ccc(-c2ccc(Cl)c(O)c2)c(F)c1. The molecule has 0 bridgehead atoms. The maximum absolute atomic E-state index is 13.8. The Morgan fingerprint density at radius 1 is 1.18 bits per heavy atom. The molecule has 0 atom stereocenters. The average Bonchev–Trinajstić information content (AvgIpc) is 2.32. The fourth-order valence-corrected chi connectivity index (χ4v) is 1.65. The predicted molar refractivity (Wildman–Crippen MR) is 65.1 cm³/mol. The van der Waals surface area contributed by atoms with Crippen molar-refractivity contribution in [2.24, 2.45) is 0 Å². The zero-order valence-electron chi connectivity index (χ0n) is 9.08. The summed E-state index contributed by atoms with van der Waals surface area (Å²) in [6.45, 7) is 0. The van der Waals surface area contributed by atoms with Gasteiger partial charge in [-0.25, -0.2) is 4.39 Å². The standard InChI is InChI=1S/C13H10ClFO2/c1-17-9-3-4-10(12(15)7-9)8-2-5-11(14)13(16)6-8/h2-7,16H,1H3. The van der Waals surface area contributed by atoms with Crippen LogP contribution in [0.15, 0.2) is 36.4 Å². The normalized spacial score (nSPS) is 10.3. The highest BCUT2D eigenvalue weighted by atomic mass is 35.5. The molecule has 4 heteroatoms. The highest BCUT2D eigenvalue weighted by Gasteiger charge is 2.08. The fourth-order valence-electron chi connectivity index (χ4n) is 1.54.